The first-order valence-electron chi connectivity index (χ1n) is 6.84. The van der Waals surface area contributed by atoms with Crippen LogP contribution in [0, 0.1) is 0 Å². The smallest absolute Gasteiger partial charge is 0.257 e. The summed E-state index contributed by atoms with van der Waals surface area (Å²) in [5.74, 6) is 2.39. The lowest BCUT2D eigenvalue weighted by molar-refractivity contribution is -0.123. The second-order valence-electron chi connectivity index (χ2n) is 4.97. The molecule has 2 aromatic rings. The van der Waals surface area contributed by atoms with Gasteiger partial charge in [-0.2, -0.15) is 4.98 Å². The van der Waals surface area contributed by atoms with Crippen LogP contribution in [0.15, 0.2) is 28.8 Å². The molecule has 0 bridgehead atoms. The van der Waals surface area contributed by atoms with E-state index in [0.29, 0.717) is 16.7 Å². The summed E-state index contributed by atoms with van der Waals surface area (Å²) in [6, 6.07) is 6.66. The first kappa shape index (κ1) is 15.3. The zero-order chi connectivity index (χ0) is 15.5. The van der Waals surface area contributed by atoms with Gasteiger partial charge in [0.05, 0.1) is 12.1 Å². The van der Waals surface area contributed by atoms with E-state index in [9.17, 15) is 4.79 Å². The molecule has 2 N–H and O–H groups in total. The fourth-order valence-corrected chi connectivity index (χ4v) is 3.13. The third kappa shape index (κ3) is 3.43. The van der Waals surface area contributed by atoms with E-state index in [1.165, 1.54) is 0 Å². The van der Waals surface area contributed by atoms with Crippen LogP contribution in [0.3, 0.4) is 0 Å². The second-order valence-corrected chi connectivity index (χ2v) is 6.43. The number of rotatable bonds is 4. The number of benzene rings is 1. The Hall–Kier alpha value is -1.57. The number of hydrogen-bond donors (Lipinski definition) is 2. The summed E-state index contributed by atoms with van der Waals surface area (Å²) in [4.78, 5) is 16.4. The van der Waals surface area contributed by atoms with Gasteiger partial charge in [-0.3, -0.25) is 10.1 Å². The van der Waals surface area contributed by atoms with Gasteiger partial charge in [0.15, 0.2) is 5.82 Å². The zero-order valence-electron chi connectivity index (χ0n) is 11.9. The van der Waals surface area contributed by atoms with Crippen molar-refractivity contribution in [3.8, 4) is 11.5 Å². The minimum absolute atomic E-state index is 0.0460. The van der Waals surface area contributed by atoms with Crippen molar-refractivity contribution < 1.29 is 9.32 Å². The molecule has 0 spiro atoms. The number of aromatic nitrogens is 2. The predicted octanol–water partition coefficient (Wildman–Crippen LogP) is 2.23. The highest BCUT2D eigenvalue weighted by molar-refractivity contribution is 7.99. The number of amides is 1. The van der Waals surface area contributed by atoms with Crippen LogP contribution in [0.1, 0.15) is 18.8 Å². The normalized spacial score (nSPS) is 19.1. The summed E-state index contributed by atoms with van der Waals surface area (Å²) in [6.07, 6.45) is 0. The van der Waals surface area contributed by atoms with E-state index in [2.05, 4.69) is 20.8 Å². The number of nitrogens with zero attached hydrogens (tertiary/aromatic N) is 2. The van der Waals surface area contributed by atoms with Crippen molar-refractivity contribution in [3.05, 3.63) is 35.1 Å². The van der Waals surface area contributed by atoms with Crippen molar-refractivity contribution in [1.82, 2.24) is 20.8 Å². The SMILES string of the molecule is CC(NC(=O)C1CSCN1)c1noc(-c2ccc(Cl)cc2)n1. The number of halogens is 1. The van der Waals surface area contributed by atoms with E-state index in [4.69, 9.17) is 16.1 Å². The van der Waals surface area contributed by atoms with Crippen LogP contribution in [0.2, 0.25) is 5.02 Å². The molecule has 2 atom stereocenters. The fourth-order valence-electron chi connectivity index (χ4n) is 2.06. The molecule has 2 heterocycles. The maximum atomic E-state index is 12.1. The van der Waals surface area contributed by atoms with Crippen molar-refractivity contribution in [3.63, 3.8) is 0 Å². The van der Waals surface area contributed by atoms with Crippen molar-refractivity contribution >= 4 is 29.3 Å². The van der Waals surface area contributed by atoms with Gasteiger partial charge in [-0.25, -0.2) is 0 Å². The van der Waals surface area contributed by atoms with Crippen LogP contribution in [0.25, 0.3) is 11.5 Å². The molecular formula is C14H15ClN4O2S. The van der Waals surface area contributed by atoms with E-state index in [0.717, 1.165) is 17.2 Å². The van der Waals surface area contributed by atoms with E-state index in [1.54, 1.807) is 23.9 Å². The Balaban J connectivity index is 1.67. The Morgan fingerprint density at radius 2 is 2.27 bits per heavy atom. The summed E-state index contributed by atoms with van der Waals surface area (Å²) in [5.41, 5.74) is 0.788. The molecule has 1 fully saturated rings. The molecule has 1 aromatic carbocycles. The monoisotopic (exact) mass is 338 g/mol. The molecule has 0 saturated carbocycles. The summed E-state index contributed by atoms with van der Waals surface area (Å²) < 4.78 is 5.24. The quantitative estimate of drug-likeness (QED) is 0.890. The van der Waals surface area contributed by atoms with Gasteiger partial charge < -0.3 is 9.84 Å². The molecule has 1 aromatic heterocycles. The molecule has 116 valence electrons. The summed E-state index contributed by atoms with van der Waals surface area (Å²) >= 11 is 7.56. The maximum absolute atomic E-state index is 12.1. The predicted molar refractivity (Wildman–Crippen MR) is 85.6 cm³/mol. The largest absolute Gasteiger partial charge is 0.345 e. The van der Waals surface area contributed by atoms with Gasteiger partial charge in [0.2, 0.25) is 5.91 Å². The molecule has 8 heteroatoms. The Labute approximate surface area is 137 Å². The van der Waals surface area contributed by atoms with Gasteiger partial charge in [-0.05, 0) is 31.2 Å². The van der Waals surface area contributed by atoms with Gasteiger partial charge in [-0.1, -0.05) is 16.8 Å². The Kier molecular flexibility index (Phi) is 4.66. The van der Waals surface area contributed by atoms with Gasteiger partial charge in [0, 0.05) is 22.2 Å². The highest BCUT2D eigenvalue weighted by Crippen LogP contribution is 2.21. The number of hydrogen-bond acceptors (Lipinski definition) is 6. The Morgan fingerprint density at radius 1 is 1.50 bits per heavy atom. The molecule has 6 nitrogen and oxygen atoms in total. The molecule has 0 aliphatic carbocycles. The Morgan fingerprint density at radius 3 is 2.95 bits per heavy atom. The third-order valence-electron chi connectivity index (χ3n) is 3.31. The molecule has 3 rings (SSSR count). The van der Waals surface area contributed by atoms with Gasteiger partial charge >= 0.3 is 0 Å². The first-order chi connectivity index (χ1) is 10.6. The second kappa shape index (κ2) is 6.68. The minimum atomic E-state index is -0.315. The molecule has 2 unspecified atom stereocenters. The summed E-state index contributed by atoms with van der Waals surface area (Å²) in [6.45, 7) is 1.83. The van der Waals surface area contributed by atoms with E-state index >= 15 is 0 Å². The van der Waals surface area contributed by atoms with Crippen molar-refractivity contribution in [2.75, 3.05) is 11.6 Å². The molecule has 1 aliphatic heterocycles. The number of thioether (sulfide) groups is 1. The van der Waals surface area contributed by atoms with Gasteiger partial charge in [0.25, 0.3) is 5.89 Å². The first-order valence-corrected chi connectivity index (χ1v) is 8.38. The molecule has 22 heavy (non-hydrogen) atoms. The lowest BCUT2D eigenvalue weighted by Crippen LogP contribution is -2.43. The van der Waals surface area contributed by atoms with Crippen LogP contribution in [0.5, 0.6) is 0 Å². The van der Waals surface area contributed by atoms with Gasteiger partial charge in [-0.15, -0.1) is 11.8 Å². The molecule has 1 saturated heterocycles. The van der Waals surface area contributed by atoms with Crippen LogP contribution in [-0.2, 0) is 4.79 Å². The minimum Gasteiger partial charge on any atom is -0.345 e. The van der Waals surface area contributed by atoms with Crippen molar-refractivity contribution in [1.29, 1.82) is 0 Å². The molecule has 0 radical (unpaired) electrons. The zero-order valence-corrected chi connectivity index (χ0v) is 13.4. The van der Waals surface area contributed by atoms with Crippen molar-refractivity contribution in [2.45, 2.75) is 19.0 Å². The van der Waals surface area contributed by atoms with E-state index in [1.807, 2.05) is 19.1 Å². The molecular weight excluding hydrogens is 324 g/mol. The standard InChI is InChI=1S/C14H15ClN4O2S/c1-8(17-13(20)11-6-22-7-16-11)12-18-14(21-19-12)9-2-4-10(15)5-3-9/h2-5,8,11,16H,6-7H2,1H3,(H,17,20). The summed E-state index contributed by atoms with van der Waals surface area (Å²) in [5, 5.41) is 10.6. The molecule has 1 amide bonds. The lowest BCUT2D eigenvalue weighted by atomic mass is 10.2. The number of carbonyl (C=O) groups is 1. The highest BCUT2D eigenvalue weighted by atomic mass is 35.5. The number of carbonyl (C=O) groups excluding carboxylic acids is 1. The van der Waals surface area contributed by atoms with E-state index in [-0.39, 0.29) is 18.0 Å². The average molecular weight is 339 g/mol. The van der Waals surface area contributed by atoms with Crippen LogP contribution in [-0.4, -0.2) is 33.7 Å². The van der Waals surface area contributed by atoms with Crippen LogP contribution < -0.4 is 10.6 Å². The highest BCUT2D eigenvalue weighted by Gasteiger charge is 2.25. The lowest BCUT2D eigenvalue weighted by Gasteiger charge is -2.13. The van der Waals surface area contributed by atoms with E-state index < -0.39 is 0 Å². The third-order valence-corrected chi connectivity index (χ3v) is 4.50. The summed E-state index contributed by atoms with van der Waals surface area (Å²) in [7, 11) is 0. The Bertz CT molecular complexity index is 655. The van der Waals surface area contributed by atoms with Crippen molar-refractivity contribution in [2.24, 2.45) is 0 Å². The average Bonchev–Trinajstić information content (AvgIpc) is 3.20. The van der Waals surface area contributed by atoms with Crippen LogP contribution in [0.4, 0.5) is 0 Å². The fraction of sp³-hybridized carbons (Fsp3) is 0.357. The topological polar surface area (TPSA) is 80.0 Å². The van der Waals surface area contributed by atoms with Crippen LogP contribution >= 0.6 is 23.4 Å². The maximum Gasteiger partial charge on any atom is 0.257 e. The number of nitrogens with one attached hydrogen (secondary N) is 2. The molecule has 1 aliphatic rings. The van der Waals surface area contributed by atoms with Gasteiger partial charge in [0.1, 0.15) is 0 Å².